The van der Waals surface area contributed by atoms with Gasteiger partial charge in [0.15, 0.2) is 0 Å². The van der Waals surface area contributed by atoms with E-state index in [1.54, 1.807) is 55.7 Å². The first-order valence-corrected chi connectivity index (χ1v) is 10.4. The smallest absolute Gasteiger partial charge is 0.338 e. The van der Waals surface area contributed by atoms with Gasteiger partial charge in [0.25, 0.3) is 5.91 Å². The minimum atomic E-state index is -0.416. The Labute approximate surface area is 180 Å². The Morgan fingerprint density at radius 3 is 2.45 bits per heavy atom. The molecule has 7 nitrogen and oxygen atoms in total. The summed E-state index contributed by atoms with van der Waals surface area (Å²) in [7, 11) is 0. The zero-order valence-corrected chi connectivity index (χ0v) is 17.4. The zero-order chi connectivity index (χ0) is 21.6. The maximum absolute atomic E-state index is 13.1. The third kappa shape index (κ3) is 4.55. The van der Waals surface area contributed by atoms with Crippen molar-refractivity contribution in [3.63, 3.8) is 0 Å². The molecule has 2 aromatic carbocycles. The molecule has 0 bridgehead atoms. The van der Waals surface area contributed by atoms with Crippen LogP contribution in [0.1, 0.15) is 40.5 Å². The highest BCUT2D eigenvalue weighted by Crippen LogP contribution is 2.35. The molecule has 0 unspecified atom stereocenters. The summed E-state index contributed by atoms with van der Waals surface area (Å²) in [6.07, 6.45) is 5.62. The van der Waals surface area contributed by atoms with Gasteiger partial charge in [-0.1, -0.05) is 23.4 Å². The van der Waals surface area contributed by atoms with Crippen molar-refractivity contribution in [3.8, 4) is 11.1 Å². The van der Waals surface area contributed by atoms with Gasteiger partial charge >= 0.3 is 5.97 Å². The maximum atomic E-state index is 13.1. The highest BCUT2D eigenvalue weighted by molar-refractivity contribution is 6.04. The Kier molecular flexibility index (Phi) is 6.21. The molecule has 0 atom stereocenters. The van der Waals surface area contributed by atoms with Crippen molar-refractivity contribution in [2.24, 2.45) is 10.3 Å². The van der Waals surface area contributed by atoms with Crippen molar-refractivity contribution < 1.29 is 14.3 Å². The molecule has 0 N–H and O–H groups in total. The summed E-state index contributed by atoms with van der Waals surface area (Å²) < 4.78 is 6.69. The van der Waals surface area contributed by atoms with Gasteiger partial charge in [-0.15, -0.1) is 5.11 Å². The zero-order valence-electron chi connectivity index (χ0n) is 17.4. The average molecular weight is 416 g/mol. The molecule has 0 aliphatic carbocycles. The predicted octanol–water partition coefficient (Wildman–Crippen LogP) is 5.11. The quantitative estimate of drug-likeness (QED) is 0.413. The van der Waals surface area contributed by atoms with Crippen LogP contribution in [0.5, 0.6) is 0 Å². The minimum absolute atomic E-state index is 0.162. The van der Waals surface area contributed by atoms with Crippen molar-refractivity contribution in [3.05, 3.63) is 78.1 Å². The number of aromatic nitrogens is 1. The Morgan fingerprint density at radius 1 is 0.968 bits per heavy atom. The topological polar surface area (TPSA) is 76.3 Å². The van der Waals surface area contributed by atoms with Crippen molar-refractivity contribution in [2.75, 3.05) is 19.7 Å². The average Bonchev–Trinajstić information content (AvgIpc) is 3.52. The van der Waals surface area contributed by atoms with Crippen molar-refractivity contribution in [1.82, 2.24) is 9.58 Å². The van der Waals surface area contributed by atoms with E-state index in [1.807, 2.05) is 23.2 Å². The number of hydrogen-bond donors (Lipinski definition) is 0. The SMILES string of the molecule is CCOC(=O)c1ccc(N=NN2CCCC2)c(-c2ccccc2C(=O)n2cccc2)c1. The Balaban J connectivity index is 1.80. The number of esters is 1. The molecular weight excluding hydrogens is 392 g/mol. The van der Waals surface area contributed by atoms with Crippen LogP contribution in [0.15, 0.2) is 77.3 Å². The number of nitrogens with zero attached hydrogens (tertiary/aromatic N) is 4. The van der Waals surface area contributed by atoms with Crippen LogP contribution in [0, 0.1) is 0 Å². The van der Waals surface area contributed by atoms with Crippen molar-refractivity contribution in [2.45, 2.75) is 19.8 Å². The van der Waals surface area contributed by atoms with Gasteiger partial charge in [0.05, 0.1) is 17.9 Å². The van der Waals surface area contributed by atoms with Crippen molar-refractivity contribution in [1.29, 1.82) is 0 Å². The van der Waals surface area contributed by atoms with Crippen LogP contribution in [0.4, 0.5) is 5.69 Å². The fourth-order valence-corrected chi connectivity index (χ4v) is 3.60. The number of ether oxygens (including phenoxy) is 1. The second kappa shape index (κ2) is 9.38. The van der Waals surface area contributed by atoms with Crippen LogP contribution in [-0.2, 0) is 4.74 Å². The monoisotopic (exact) mass is 416 g/mol. The minimum Gasteiger partial charge on any atom is -0.462 e. The van der Waals surface area contributed by atoms with E-state index in [1.165, 1.54) is 4.57 Å². The van der Waals surface area contributed by atoms with Gasteiger partial charge in [-0.25, -0.2) is 4.79 Å². The Hall–Kier alpha value is -3.74. The summed E-state index contributed by atoms with van der Waals surface area (Å²) in [6.45, 7) is 3.81. The third-order valence-electron chi connectivity index (χ3n) is 5.16. The molecule has 1 aliphatic heterocycles. The number of carbonyl (C=O) groups excluding carboxylic acids is 2. The highest BCUT2D eigenvalue weighted by Gasteiger charge is 2.19. The highest BCUT2D eigenvalue weighted by atomic mass is 16.5. The Bertz CT molecular complexity index is 1100. The molecule has 7 heteroatoms. The Morgan fingerprint density at radius 2 is 1.71 bits per heavy atom. The lowest BCUT2D eigenvalue weighted by atomic mass is 9.96. The summed E-state index contributed by atoms with van der Waals surface area (Å²) in [5, 5.41) is 10.8. The normalized spacial score (nSPS) is 13.6. The molecule has 31 heavy (non-hydrogen) atoms. The lowest BCUT2D eigenvalue weighted by Gasteiger charge is -2.14. The lowest BCUT2D eigenvalue weighted by molar-refractivity contribution is 0.0526. The van der Waals surface area contributed by atoms with Gasteiger partial charge in [-0.2, -0.15) is 0 Å². The molecule has 3 aromatic rings. The van der Waals surface area contributed by atoms with E-state index in [4.69, 9.17) is 4.74 Å². The molecule has 0 saturated carbocycles. The molecular formula is C24H24N4O3. The molecule has 0 spiro atoms. The van der Waals surface area contributed by atoms with E-state index in [2.05, 4.69) is 10.3 Å². The van der Waals surface area contributed by atoms with E-state index in [-0.39, 0.29) is 12.5 Å². The number of rotatable bonds is 6. The summed E-state index contributed by atoms with van der Waals surface area (Å²) >= 11 is 0. The van der Waals surface area contributed by atoms with Gasteiger partial charge in [-0.05, 0) is 61.7 Å². The summed E-state index contributed by atoms with van der Waals surface area (Å²) in [4.78, 5) is 25.5. The second-order valence-electron chi connectivity index (χ2n) is 7.24. The summed E-state index contributed by atoms with van der Waals surface area (Å²) in [5.74, 6) is -0.578. The van der Waals surface area contributed by atoms with Crippen LogP contribution < -0.4 is 0 Å². The van der Waals surface area contributed by atoms with Crippen LogP contribution in [0.2, 0.25) is 0 Å². The van der Waals surface area contributed by atoms with E-state index in [0.717, 1.165) is 25.9 Å². The molecule has 1 saturated heterocycles. The predicted molar refractivity (Wildman–Crippen MR) is 117 cm³/mol. The maximum Gasteiger partial charge on any atom is 0.338 e. The van der Waals surface area contributed by atoms with E-state index in [0.29, 0.717) is 27.9 Å². The summed E-state index contributed by atoms with van der Waals surface area (Å²) in [6, 6.07) is 16.1. The number of carbonyl (C=O) groups is 2. The molecule has 2 heterocycles. The van der Waals surface area contributed by atoms with Gasteiger partial charge in [-0.3, -0.25) is 14.4 Å². The van der Waals surface area contributed by atoms with E-state index >= 15 is 0 Å². The van der Waals surface area contributed by atoms with Crippen LogP contribution in [-0.4, -0.2) is 41.1 Å². The van der Waals surface area contributed by atoms with Gasteiger partial charge < -0.3 is 4.74 Å². The molecule has 1 aliphatic rings. The number of hydrogen-bond acceptors (Lipinski definition) is 5. The first-order chi connectivity index (χ1) is 15.2. The summed E-state index contributed by atoms with van der Waals surface area (Å²) in [5.41, 5.74) is 2.84. The second-order valence-corrected chi connectivity index (χ2v) is 7.24. The van der Waals surface area contributed by atoms with E-state index in [9.17, 15) is 9.59 Å². The van der Waals surface area contributed by atoms with Crippen molar-refractivity contribution >= 4 is 17.6 Å². The number of benzene rings is 2. The fraction of sp³-hybridized carbons (Fsp3) is 0.250. The van der Waals surface area contributed by atoms with E-state index < -0.39 is 5.97 Å². The fourth-order valence-electron chi connectivity index (χ4n) is 3.60. The van der Waals surface area contributed by atoms with Gasteiger partial charge in [0.1, 0.15) is 0 Å². The molecule has 1 aromatic heterocycles. The first-order valence-electron chi connectivity index (χ1n) is 10.4. The molecule has 4 rings (SSSR count). The standard InChI is InChI=1S/C24H24N4O3/c1-2-31-24(30)18-11-12-22(25-26-28-15-7-8-16-28)21(17-18)19-9-3-4-10-20(19)23(29)27-13-5-6-14-27/h3-6,9-14,17H,2,7-8,15-16H2,1H3. The largest absolute Gasteiger partial charge is 0.462 e. The molecule has 0 amide bonds. The van der Waals surface area contributed by atoms with Gasteiger partial charge in [0, 0.05) is 36.6 Å². The molecule has 158 valence electrons. The lowest BCUT2D eigenvalue weighted by Crippen LogP contribution is -2.11. The van der Waals surface area contributed by atoms with Crippen LogP contribution >= 0.6 is 0 Å². The van der Waals surface area contributed by atoms with Crippen LogP contribution in [0.3, 0.4) is 0 Å². The molecule has 0 radical (unpaired) electrons. The molecule has 1 fully saturated rings. The third-order valence-corrected chi connectivity index (χ3v) is 5.16. The van der Waals surface area contributed by atoms with Crippen LogP contribution in [0.25, 0.3) is 11.1 Å². The van der Waals surface area contributed by atoms with Gasteiger partial charge in [0.2, 0.25) is 0 Å². The first kappa shape index (κ1) is 20.5.